The van der Waals surface area contributed by atoms with Crippen molar-refractivity contribution in [2.24, 2.45) is 0 Å². The lowest BCUT2D eigenvalue weighted by Crippen LogP contribution is -2.18. The maximum absolute atomic E-state index is 12.2. The number of hydrogen-bond donors (Lipinski definition) is 2. The van der Waals surface area contributed by atoms with Crippen LogP contribution in [0.25, 0.3) is 0 Å². The topological polar surface area (TPSA) is 44.4 Å². The zero-order valence-electron chi connectivity index (χ0n) is 16.7. The molecule has 2 aromatic carbocycles. The minimum Gasteiger partial charge on any atom is -0.385 e. The number of amides is 1. The van der Waals surface area contributed by atoms with E-state index >= 15 is 0 Å². The predicted molar refractivity (Wildman–Crippen MR) is 115 cm³/mol. The molecule has 0 radical (unpaired) electrons. The molecule has 0 saturated carbocycles. The Hall–Kier alpha value is -2.49. The minimum absolute atomic E-state index is 0.0275. The number of benzene rings is 2. The van der Waals surface area contributed by atoms with Crippen molar-refractivity contribution in [2.45, 2.75) is 45.4 Å². The summed E-state index contributed by atoms with van der Waals surface area (Å²) < 4.78 is 0. The van der Waals surface area contributed by atoms with E-state index in [-0.39, 0.29) is 11.3 Å². The summed E-state index contributed by atoms with van der Waals surface area (Å²) in [5.74, 6) is 0.0275. The van der Waals surface area contributed by atoms with E-state index in [0.717, 1.165) is 24.5 Å². The average molecular weight is 366 g/mol. The fraction of sp³-hybridized carbons (Fsp3) is 0.435. The first-order valence-electron chi connectivity index (χ1n) is 9.91. The molecule has 1 amide bonds. The van der Waals surface area contributed by atoms with Crippen LogP contribution in [0.3, 0.4) is 0 Å². The lowest BCUT2D eigenvalue weighted by molar-refractivity contribution is -0.115. The second-order valence-electron chi connectivity index (χ2n) is 8.29. The van der Waals surface area contributed by atoms with Crippen molar-refractivity contribution in [3.63, 3.8) is 0 Å². The van der Waals surface area contributed by atoms with Crippen LogP contribution in [0, 0.1) is 0 Å². The molecule has 27 heavy (non-hydrogen) atoms. The summed E-state index contributed by atoms with van der Waals surface area (Å²) >= 11 is 0. The number of nitrogens with zero attached hydrogens (tertiary/aromatic N) is 1. The smallest absolute Gasteiger partial charge is 0.226 e. The number of anilines is 3. The summed E-state index contributed by atoms with van der Waals surface area (Å²) in [6.45, 7) is 9.49. The lowest BCUT2D eigenvalue weighted by Gasteiger charge is -2.19. The van der Waals surface area contributed by atoms with Crippen molar-refractivity contribution in [2.75, 3.05) is 35.2 Å². The summed E-state index contributed by atoms with van der Waals surface area (Å²) in [5.41, 5.74) is 4.58. The Bertz CT molecular complexity index is 739. The molecule has 1 heterocycles. The van der Waals surface area contributed by atoms with Gasteiger partial charge in [0, 0.05) is 43.1 Å². The van der Waals surface area contributed by atoms with Crippen molar-refractivity contribution in [1.82, 2.24) is 0 Å². The quantitative estimate of drug-likeness (QED) is 0.755. The molecule has 0 atom stereocenters. The molecule has 0 spiro atoms. The molecule has 2 aromatic rings. The molecule has 1 saturated heterocycles. The molecule has 1 aliphatic heterocycles. The summed E-state index contributed by atoms with van der Waals surface area (Å²) in [7, 11) is 0. The minimum atomic E-state index is 0.0275. The Labute approximate surface area is 163 Å². The van der Waals surface area contributed by atoms with E-state index in [0.29, 0.717) is 13.0 Å². The first kappa shape index (κ1) is 19.3. The highest BCUT2D eigenvalue weighted by atomic mass is 16.1. The van der Waals surface area contributed by atoms with Gasteiger partial charge in [-0.3, -0.25) is 4.79 Å². The van der Waals surface area contributed by atoms with Gasteiger partial charge in [0.2, 0.25) is 5.91 Å². The van der Waals surface area contributed by atoms with Crippen molar-refractivity contribution in [1.29, 1.82) is 0 Å². The molecular weight excluding hydrogens is 334 g/mol. The van der Waals surface area contributed by atoms with E-state index < -0.39 is 0 Å². The van der Waals surface area contributed by atoms with E-state index in [4.69, 9.17) is 0 Å². The van der Waals surface area contributed by atoms with Gasteiger partial charge in [-0.25, -0.2) is 0 Å². The summed E-state index contributed by atoms with van der Waals surface area (Å²) in [5, 5.41) is 6.30. The fourth-order valence-electron chi connectivity index (χ4n) is 3.36. The van der Waals surface area contributed by atoms with Crippen LogP contribution in [0.15, 0.2) is 48.5 Å². The molecule has 4 heteroatoms. The van der Waals surface area contributed by atoms with Crippen LogP contribution in [0.5, 0.6) is 0 Å². The number of carbonyl (C=O) groups is 1. The van der Waals surface area contributed by atoms with Gasteiger partial charge in [-0.15, -0.1) is 0 Å². The average Bonchev–Trinajstić information content (AvgIpc) is 3.17. The fourth-order valence-corrected chi connectivity index (χ4v) is 3.36. The first-order valence-corrected chi connectivity index (χ1v) is 9.91. The second-order valence-corrected chi connectivity index (χ2v) is 8.29. The molecule has 1 aliphatic rings. The zero-order chi connectivity index (χ0) is 19.3. The normalized spacial score (nSPS) is 14.3. The maximum Gasteiger partial charge on any atom is 0.226 e. The van der Waals surface area contributed by atoms with Crippen molar-refractivity contribution >= 4 is 23.0 Å². The van der Waals surface area contributed by atoms with Gasteiger partial charge in [-0.1, -0.05) is 32.9 Å². The highest BCUT2D eigenvalue weighted by Crippen LogP contribution is 2.24. The maximum atomic E-state index is 12.2. The molecule has 3 rings (SSSR count). The van der Waals surface area contributed by atoms with Gasteiger partial charge in [0.15, 0.2) is 0 Å². The van der Waals surface area contributed by atoms with Crippen molar-refractivity contribution < 1.29 is 4.79 Å². The van der Waals surface area contributed by atoms with E-state index in [1.54, 1.807) is 0 Å². The molecule has 144 valence electrons. The van der Waals surface area contributed by atoms with E-state index in [9.17, 15) is 4.79 Å². The van der Waals surface area contributed by atoms with Crippen molar-refractivity contribution in [3.8, 4) is 0 Å². The van der Waals surface area contributed by atoms with Gasteiger partial charge < -0.3 is 15.5 Å². The lowest BCUT2D eigenvalue weighted by atomic mass is 9.87. The highest BCUT2D eigenvalue weighted by molar-refractivity contribution is 5.91. The van der Waals surface area contributed by atoms with Gasteiger partial charge in [0.25, 0.3) is 0 Å². The zero-order valence-corrected chi connectivity index (χ0v) is 16.7. The highest BCUT2D eigenvalue weighted by Gasteiger charge is 2.13. The summed E-state index contributed by atoms with van der Waals surface area (Å²) in [6, 6.07) is 16.6. The molecule has 4 nitrogen and oxygen atoms in total. The van der Waals surface area contributed by atoms with Crippen LogP contribution in [-0.4, -0.2) is 25.5 Å². The Morgan fingerprint density at radius 2 is 1.52 bits per heavy atom. The molecule has 2 N–H and O–H groups in total. The number of rotatable bonds is 6. The van der Waals surface area contributed by atoms with Gasteiger partial charge in [-0.2, -0.15) is 0 Å². The third kappa shape index (κ3) is 5.49. The van der Waals surface area contributed by atoms with Crippen LogP contribution in [0.2, 0.25) is 0 Å². The molecule has 1 fully saturated rings. The number of hydrogen-bond acceptors (Lipinski definition) is 3. The third-order valence-electron chi connectivity index (χ3n) is 5.05. The largest absolute Gasteiger partial charge is 0.385 e. The predicted octanol–water partition coefficient (Wildman–Crippen LogP) is 5.03. The van der Waals surface area contributed by atoms with E-state index in [1.807, 2.05) is 12.1 Å². The van der Waals surface area contributed by atoms with Crippen LogP contribution in [-0.2, 0) is 10.2 Å². The Balaban J connectivity index is 1.42. The molecule has 0 unspecified atom stereocenters. The monoisotopic (exact) mass is 365 g/mol. The standard InChI is InChI=1S/C23H31N3O/c1-23(2,3)18-6-8-20(9-7-18)25-22(27)14-15-24-19-10-12-21(13-11-19)26-16-4-5-17-26/h6-13,24H,4-5,14-17H2,1-3H3,(H,25,27). The second kappa shape index (κ2) is 8.47. The molecule has 0 aliphatic carbocycles. The van der Waals surface area contributed by atoms with Crippen LogP contribution >= 0.6 is 0 Å². The third-order valence-corrected chi connectivity index (χ3v) is 5.05. The first-order chi connectivity index (χ1) is 12.9. The molecule has 0 aromatic heterocycles. The van der Waals surface area contributed by atoms with Gasteiger partial charge in [-0.05, 0) is 60.2 Å². The van der Waals surface area contributed by atoms with Crippen LogP contribution in [0.1, 0.15) is 45.6 Å². The van der Waals surface area contributed by atoms with Gasteiger partial charge in [0.05, 0.1) is 0 Å². The van der Waals surface area contributed by atoms with E-state index in [1.165, 1.54) is 24.1 Å². The van der Waals surface area contributed by atoms with Crippen LogP contribution < -0.4 is 15.5 Å². The Morgan fingerprint density at radius 1 is 0.926 bits per heavy atom. The Morgan fingerprint density at radius 3 is 2.11 bits per heavy atom. The van der Waals surface area contributed by atoms with Crippen molar-refractivity contribution in [3.05, 3.63) is 54.1 Å². The van der Waals surface area contributed by atoms with E-state index in [2.05, 4.69) is 72.7 Å². The summed E-state index contributed by atoms with van der Waals surface area (Å²) in [4.78, 5) is 14.6. The van der Waals surface area contributed by atoms with Gasteiger partial charge in [0.1, 0.15) is 0 Å². The van der Waals surface area contributed by atoms with Crippen LogP contribution in [0.4, 0.5) is 17.1 Å². The molecular formula is C23H31N3O. The number of nitrogens with one attached hydrogen (secondary N) is 2. The number of carbonyl (C=O) groups excluding carboxylic acids is 1. The SMILES string of the molecule is CC(C)(C)c1ccc(NC(=O)CCNc2ccc(N3CCCC3)cc2)cc1. The van der Waals surface area contributed by atoms with Gasteiger partial charge >= 0.3 is 0 Å². The Kier molecular flexibility index (Phi) is 6.04. The molecule has 0 bridgehead atoms. The summed E-state index contributed by atoms with van der Waals surface area (Å²) in [6.07, 6.45) is 3.01.